The fourth-order valence-electron chi connectivity index (χ4n) is 4.33. The minimum Gasteiger partial charge on any atom is -0.481 e. The van der Waals surface area contributed by atoms with Crippen molar-refractivity contribution in [2.45, 2.75) is 63.3 Å². The predicted octanol–water partition coefficient (Wildman–Crippen LogP) is 4.80. The van der Waals surface area contributed by atoms with Gasteiger partial charge in [0.15, 0.2) is 0 Å². The van der Waals surface area contributed by atoms with Gasteiger partial charge < -0.3 is 14.5 Å². The van der Waals surface area contributed by atoms with Crippen LogP contribution in [0, 0.1) is 11.7 Å². The van der Waals surface area contributed by atoms with Crippen molar-refractivity contribution >= 4 is 12.2 Å². The van der Waals surface area contributed by atoms with Crippen molar-refractivity contribution in [2.75, 3.05) is 6.61 Å². The predicted molar refractivity (Wildman–Crippen MR) is 113 cm³/mol. The van der Waals surface area contributed by atoms with Gasteiger partial charge in [0, 0.05) is 25.2 Å². The minimum atomic E-state index is -0.797. The third-order valence-electron chi connectivity index (χ3n) is 5.92. The van der Waals surface area contributed by atoms with E-state index >= 15 is 0 Å². The molecule has 1 N–H and O–H groups in total. The molecule has 162 valence electrons. The number of carboxylic acid groups (broad SMARTS) is 1. The molecule has 0 bridgehead atoms. The van der Waals surface area contributed by atoms with E-state index < -0.39 is 11.5 Å². The van der Waals surface area contributed by atoms with E-state index in [0.29, 0.717) is 31.8 Å². The van der Waals surface area contributed by atoms with Gasteiger partial charge >= 0.3 is 5.97 Å². The van der Waals surface area contributed by atoms with Gasteiger partial charge in [-0.1, -0.05) is 36.6 Å². The summed E-state index contributed by atoms with van der Waals surface area (Å²) in [6.45, 7) is 0.380. The number of aromatic nitrogens is 2. The Bertz CT molecular complexity index is 802. The number of rotatable bonds is 11. The summed E-state index contributed by atoms with van der Waals surface area (Å²) in [6.07, 6.45) is 15.2. The molecule has 0 saturated heterocycles. The van der Waals surface area contributed by atoms with Crippen LogP contribution in [-0.2, 0) is 21.6 Å². The molecule has 30 heavy (non-hydrogen) atoms. The Labute approximate surface area is 176 Å². The fraction of sp³-hybridized carbons (Fsp3) is 0.522. The zero-order valence-electron chi connectivity index (χ0n) is 17.3. The highest BCUT2D eigenvalue weighted by molar-refractivity contribution is 5.69. The molecule has 1 atom stereocenters. The summed E-state index contributed by atoms with van der Waals surface area (Å²) in [5, 5.41) is 13.0. The molecule has 0 aliphatic heterocycles. The van der Waals surface area contributed by atoms with Crippen LogP contribution in [0.1, 0.15) is 56.9 Å². The molecule has 1 aliphatic rings. The molecule has 1 aromatic heterocycles. The van der Waals surface area contributed by atoms with Gasteiger partial charge in [-0.25, -0.2) is 9.37 Å². The molecule has 6 nitrogen and oxygen atoms in total. The molecule has 0 spiro atoms. The maximum atomic E-state index is 13.4. The number of nitrogens with zero attached hydrogens (tertiary/aromatic N) is 3. The number of benzene rings is 1. The normalized spacial score (nSPS) is 17.1. The van der Waals surface area contributed by atoms with E-state index in [9.17, 15) is 9.18 Å². The Balaban J connectivity index is 1.81. The molecule has 1 unspecified atom stereocenters. The molecule has 1 aromatic carbocycles. The molecule has 1 saturated carbocycles. The van der Waals surface area contributed by atoms with Crippen molar-refractivity contribution in [2.24, 2.45) is 11.1 Å². The molecule has 1 aliphatic carbocycles. The highest BCUT2D eigenvalue weighted by atomic mass is 19.1. The van der Waals surface area contributed by atoms with Gasteiger partial charge in [-0.15, -0.1) is 0 Å². The van der Waals surface area contributed by atoms with Crippen LogP contribution in [0.3, 0.4) is 0 Å². The second-order valence-corrected chi connectivity index (χ2v) is 8.02. The maximum absolute atomic E-state index is 13.4. The van der Waals surface area contributed by atoms with Crippen molar-refractivity contribution in [1.29, 1.82) is 0 Å². The van der Waals surface area contributed by atoms with Gasteiger partial charge in [0.05, 0.1) is 18.1 Å². The van der Waals surface area contributed by atoms with E-state index in [1.807, 2.05) is 30.9 Å². The highest BCUT2D eigenvalue weighted by Gasteiger charge is 2.40. The van der Waals surface area contributed by atoms with Crippen molar-refractivity contribution in [1.82, 2.24) is 9.55 Å². The zero-order valence-corrected chi connectivity index (χ0v) is 17.3. The van der Waals surface area contributed by atoms with Crippen molar-refractivity contribution < 1.29 is 19.1 Å². The number of imidazole rings is 1. The molecular weight excluding hydrogens is 385 g/mol. The molecule has 3 rings (SSSR count). The lowest BCUT2D eigenvalue weighted by molar-refractivity contribution is -0.137. The lowest BCUT2D eigenvalue weighted by Gasteiger charge is -2.41. The second kappa shape index (κ2) is 10.9. The Kier molecular flexibility index (Phi) is 7.99. The highest BCUT2D eigenvalue weighted by Crippen LogP contribution is 2.39. The smallest absolute Gasteiger partial charge is 0.303 e. The Morgan fingerprint density at radius 2 is 2.03 bits per heavy atom. The summed E-state index contributed by atoms with van der Waals surface area (Å²) in [5.41, 5.74) is 0.582. The van der Waals surface area contributed by atoms with Gasteiger partial charge in [-0.05, 0) is 49.3 Å². The van der Waals surface area contributed by atoms with Crippen LogP contribution >= 0.6 is 0 Å². The monoisotopic (exact) mass is 415 g/mol. The minimum absolute atomic E-state index is 0.138. The summed E-state index contributed by atoms with van der Waals surface area (Å²) in [4.78, 5) is 20.4. The molecule has 2 aromatic rings. The van der Waals surface area contributed by atoms with Crippen LogP contribution in [0.2, 0.25) is 0 Å². The van der Waals surface area contributed by atoms with E-state index in [1.165, 1.54) is 31.4 Å². The van der Waals surface area contributed by atoms with Crippen LogP contribution in [0.4, 0.5) is 4.39 Å². The first-order valence-corrected chi connectivity index (χ1v) is 10.7. The number of carboxylic acids is 1. The first-order chi connectivity index (χ1) is 14.6. The molecule has 0 radical (unpaired) electrons. The molecule has 1 heterocycles. The number of hydrogen-bond donors (Lipinski definition) is 1. The van der Waals surface area contributed by atoms with Gasteiger partial charge in [0.1, 0.15) is 12.4 Å². The third kappa shape index (κ3) is 5.90. The van der Waals surface area contributed by atoms with E-state index in [-0.39, 0.29) is 12.2 Å². The summed E-state index contributed by atoms with van der Waals surface area (Å²) in [5.74, 6) is -0.679. The Hall–Kier alpha value is -2.70. The standard InChI is InChI=1S/C23H30FN3O3/c24-21-11-9-19(10-12-21)16-23(27-14-13-25-18-27,20-6-2-1-3-7-20)17-26-30-15-5-4-8-22(28)29/h9-14,17-18,20H,1-8,15-16H2,(H,28,29). The van der Waals surface area contributed by atoms with Crippen molar-refractivity contribution in [3.63, 3.8) is 0 Å². The number of carbonyl (C=O) groups is 1. The Morgan fingerprint density at radius 1 is 1.27 bits per heavy atom. The van der Waals surface area contributed by atoms with Gasteiger partial charge in [0.2, 0.25) is 0 Å². The second-order valence-electron chi connectivity index (χ2n) is 8.02. The lowest BCUT2D eigenvalue weighted by atomic mass is 9.72. The van der Waals surface area contributed by atoms with Gasteiger partial charge in [-0.3, -0.25) is 4.79 Å². The summed E-state index contributed by atoms with van der Waals surface area (Å²) in [7, 11) is 0. The van der Waals surface area contributed by atoms with E-state index in [1.54, 1.807) is 6.20 Å². The van der Waals surface area contributed by atoms with E-state index in [0.717, 1.165) is 18.4 Å². The lowest BCUT2D eigenvalue weighted by Crippen LogP contribution is -2.45. The van der Waals surface area contributed by atoms with Gasteiger partial charge in [0.25, 0.3) is 0 Å². The van der Waals surface area contributed by atoms with E-state index in [4.69, 9.17) is 9.94 Å². The SMILES string of the molecule is O=C(O)CCCCON=CC(Cc1ccc(F)cc1)(C1CCCCC1)n1ccnc1. The third-order valence-corrected chi connectivity index (χ3v) is 5.92. The first-order valence-electron chi connectivity index (χ1n) is 10.7. The average molecular weight is 416 g/mol. The number of hydrogen-bond acceptors (Lipinski definition) is 4. The van der Waals surface area contributed by atoms with Crippen LogP contribution in [0.25, 0.3) is 0 Å². The first kappa shape index (κ1) is 22.0. The quantitative estimate of drug-likeness (QED) is 0.325. The number of unbranched alkanes of at least 4 members (excludes halogenated alkanes) is 1. The molecule has 7 heteroatoms. The van der Waals surface area contributed by atoms with Crippen LogP contribution in [-0.4, -0.2) is 33.4 Å². The zero-order chi connectivity index (χ0) is 21.2. The number of aliphatic carboxylic acids is 1. The maximum Gasteiger partial charge on any atom is 0.303 e. The molecule has 0 amide bonds. The van der Waals surface area contributed by atoms with Crippen LogP contribution in [0.15, 0.2) is 48.1 Å². The Morgan fingerprint density at radius 3 is 2.70 bits per heavy atom. The summed E-state index contributed by atoms with van der Waals surface area (Å²) >= 11 is 0. The van der Waals surface area contributed by atoms with E-state index in [2.05, 4.69) is 14.7 Å². The van der Waals surface area contributed by atoms with Crippen LogP contribution < -0.4 is 0 Å². The fourth-order valence-corrected chi connectivity index (χ4v) is 4.33. The summed E-state index contributed by atoms with van der Waals surface area (Å²) < 4.78 is 15.6. The van der Waals surface area contributed by atoms with Crippen molar-refractivity contribution in [3.05, 3.63) is 54.4 Å². The molecule has 1 fully saturated rings. The number of oxime groups is 1. The van der Waals surface area contributed by atoms with Gasteiger partial charge in [-0.2, -0.15) is 0 Å². The molecular formula is C23H30FN3O3. The summed E-state index contributed by atoms with van der Waals surface area (Å²) in [6, 6.07) is 6.63. The van der Waals surface area contributed by atoms with Crippen molar-refractivity contribution in [3.8, 4) is 0 Å². The number of halogens is 1. The van der Waals surface area contributed by atoms with Crippen LogP contribution in [0.5, 0.6) is 0 Å². The topological polar surface area (TPSA) is 76.7 Å². The average Bonchev–Trinajstić information content (AvgIpc) is 3.29. The largest absolute Gasteiger partial charge is 0.481 e.